The van der Waals surface area contributed by atoms with Crippen LogP contribution in [0.15, 0.2) is 18.2 Å². The Morgan fingerprint density at radius 2 is 1.96 bits per heavy atom. The SMILES string of the molecule is c1cc2c(cc1OC[C@H]1CCCO1)CCC1(CCN(C3CCC3)CC1)O2. The molecule has 3 fully saturated rings. The van der Waals surface area contributed by atoms with Gasteiger partial charge in [0.15, 0.2) is 0 Å². The number of piperidine rings is 1. The van der Waals surface area contributed by atoms with Crippen molar-refractivity contribution in [3.63, 3.8) is 0 Å². The summed E-state index contributed by atoms with van der Waals surface area (Å²) in [6.07, 6.45) is 11.4. The lowest BCUT2D eigenvalue weighted by molar-refractivity contribution is -0.0337. The molecule has 1 saturated carbocycles. The molecular weight excluding hydrogens is 326 g/mol. The van der Waals surface area contributed by atoms with Gasteiger partial charge in [0.05, 0.1) is 6.10 Å². The van der Waals surface area contributed by atoms with Crippen molar-refractivity contribution in [3.8, 4) is 11.5 Å². The zero-order valence-corrected chi connectivity index (χ0v) is 15.8. The molecule has 2 saturated heterocycles. The lowest BCUT2D eigenvalue weighted by atomic mass is 9.81. The standard InChI is InChI=1S/C22H31NO3/c1-3-18(4-1)23-12-10-22(11-13-23)9-8-17-15-19(6-7-21(17)26-22)25-16-20-5-2-14-24-20/h6-7,15,18,20H,1-5,8-14,16H2/t20-/m1/s1. The van der Waals surface area contributed by atoms with Gasteiger partial charge in [0.1, 0.15) is 23.7 Å². The van der Waals surface area contributed by atoms with E-state index < -0.39 is 0 Å². The summed E-state index contributed by atoms with van der Waals surface area (Å²) in [5.41, 5.74) is 1.38. The Morgan fingerprint density at radius 1 is 1.08 bits per heavy atom. The number of rotatable bonds is 4. The van der Waals surface area contributed by atoms with Gasteiger partial charge in [0, 0.05) is 25.7 Å². The van der Waals surface area contributed by atoms with E-state index in [0.717, 1.165) is 49.8 Å². The highest BCUT2D eigenvalue weighted by Crippen LogP contribution is 2.41. The van der Waals surface area contributed by atoms with Crippen molar-refractivity contribution in [2.75, 3.05) is 26.3 Å². The minimum absolute atomic E-state index is 0.0767. The van der Waals surface area contributed by atoms with E-state index in [1.807, 2.05) is 0 Å². The summed E-state index contributed by atoms with van der Waals surface area (Å²) in [5, 5.41) is 0. The zero-order chi connectivity index (χ0) is 17.4. The highest BCUT2D eigenvalue weighted by Gasteiger charge is 2.41. The second-order valence-corrected chi connectivity index (χ2v) is 8.62. The first-order valence-corrected chi connectivity index (χ1v) is 10.6. The molecule has 26 heavy (non-hydrogen) atoms. The third kappa shape index (κ3) is 3.34. The van der Waals surface area contributed by atoms with Crippen LogP contribution in [0.3, 0.4) is 0 Å². The predicted molar refractivity (Wildman–Crippen MR) is 101 cm³/mol. The monoisotopic (exact) mass is 357 g/mol. The van der Waals surface area contributed by atoms with Gasteiger partial charge in [-0.3, -0.25) is 0 Å². The van der Waals surface area contributed by atoms with Crippen LogP contribution in [0, 0.1) is 0 Å². The van der Waals surface area contributed by atoms with Crippen LogP contribution in [0.25, 0.3) is 0 Å². The van der Waals surface area contributed by atoms with Crippen molar-refractivity contribution in [3.05, 3.63) is 23.8 Å². The first-order chi connectivity index (χ1) is 12.8. The molecule has 4 nitrogen and oxygen atoms in total. The Bertz CT molecular complexity index is 628. The molecule has 3 heterocycles. The first kappa shape index (κ1) is 16.9. The molecule has 4 heteroatoms. The number of benzene rings is 1. The van der Waals surface area contributed by atoms with Crippen molar-refractivity contribution >= 4 is 0 Å². The van der Waals surface area contributed by atoms with E-state index >= 15 is 0 Å². The maximum atomic E-state index is 6.57. The summed E-state index contributed by atoms with van der Waals surface area (Å²) in [5.74, 6) is 2.04. The van der Waals surface area contributed by atoms with E-state index in [9.17, 15) is 0 Å². The van der Waals surface area contributed by atoms with Crippen LogP contribution >= 0.6 is 0 Å². The fraction of sp³-hybridized carbons (Fsp3) is 0.727. The minimum Gasteiger partial charge on any atom is -0.491 e. The number of hydrogen-bond acceptors (Lipinski definition) is 4. The highest BCUT2D eigenvalue weighted by molar-refractivity contribution is 5.42. The lowest BCUT2D eigenvalue weighted by Gasteiger charge is -2.48. The molecule has 3 aliphatic heterocycles. The number of likely N-dealkylation sites (tertiary alicyclic amines) is 1. The molecular formula is C22H31NO3. The number of fused-ring (bicyclic) bond motifs is 1. The maximum absolute atomic E-state index is 6.57. The Hall–Kier alpha value is -1.26. The molecule has 1 aromatic carbocycles. The van der Waals surface area contributed by atoms with Crippen molar-refractivity contribution < 1.29 is 14.2 Å². The molecule has 142 valence electrons. The summed E-state index contributed by atoms with van der Waals surface area (Å²) in [7, 11) is 0. The van der Waals surface area contributed by atoms with Crippen molar-refractivity contribution in [2.24, 2.45) is 0 Å². The van der Waals surface area contributed by atoms with Crippen LogP contribution in [0.2, 0.25) is 0 Å². The molecule has 0 aromatic heterocycles. The summed E-state index contributed by atoms with van der Waals surface area (Å²) in [6.45, 7) is 3.97. The summed E-state index contributed by atoms with van der Waals surface area (Å²) < 4.78 is 18.2. The van der Waals surface area contributed by atoms with Gasteiger partial charge in [-0.25, -0.2) is 0 Å². The molecule has 1 aromatic rings. The van der Waals surface area contributed by atoms with Gasteiger partial charge in [-0.15, -0.1) is 0 Å². The third-order valence-electron chi connectivity index (χ3n) is 6.97. The predicted octanol–water partition coefficient (Wildman–Crippen LogP) is 3.96. The largest absolute Gasteiger partial charge is 0.491 e. The second-order valence-electron chi connectivity index (χ2n) is 8.62. The normalized spacial score (nSPS) is 28.4. The topological polar surface area (TPSA) is 30.9 Å². The van der Waals surface area contributed by atoms with Crippen molar-refractivity contribution in [1.82, 2.24) is 4.90 Å². The number of hydrogen-bond donors (Lipinski definition) is 0. The molecule has 1 aliphatic carbocycles. The molecule has 4 aliphatic rings. The van der Waals surface area contributed by atoms with E-state index in [4.69, 9.17) is 14.2 Å². The van der Waals surface area contributed by atoms with Gasteiger partial charge in [0.25, 0.3) is 0 Å². The van der Waals surface area contributed by atoms with Gasteiger partial charge in [-0.2, -0.15) is 0 Å². The Labute approximate surface area is 156 Å². The van der Waals surface area contributed by atoms with Gasteiger partial charge >= 0.3 is 0 Å². The van der Waals surface area contributed by atoms with Crippen LogP contribution in [0.1, 0.15) is 56.9 Å². The zero-order valence-electron chi connectivity index (χ0n) is 15.8. The molecule has 5 rings (SSSR count). The molecule has 0 radical (unpaired) electrons. The van der Waals surface area contributed by atoms with E-state index in [1.54, 1.807) is 0 Å². The third-order valence-corrected chi connectivity index (χ3v) is 6.97. The van der Waals surface area contributed by atoms with E-state index in [1.165, 1.54) is 50.8 Å². The van der Waals surface area contributed by atoms with Crippen LogP contribution in [-0.2, 0) is 11.2 Å². The number of ether oxygens (including phenoxy) is 3. The average molecular weight is 357 g/mol. The summed E-state index contributed by atoms with van der Waals surface area (Å²) in [4.78, 5) is 2.70. The van der Waals surface area contributed by atoms with Crippen LogP contribution in [-0.4, -0.2) is 49.0 Å². The smallest absolute Gasteiger partial charge is 0.123 e. The highest BCUT2D eigenvalue weighted by atomic mass is 16.5. The fourth-order valence-electron chi connectivity index (χ4n) is 4.95. The molecule has 1 atom stereocenters. The van der Waals surface area contributed by atoms with Gasteiger partial charge in [-0.1, -0.05) is 6.42 Å². The molecule has 0 unspecified atom stereocenters. The van der Waals surface area contributed by atoms with E-state index in [2.05, 4.69) is 23.1 Å². The maximum Gasteiger partial charge on any atom is 0.123 e. The minimum atomic E-state index is 0.0767. The number of nitrogens with zero attached hydrogens (tertiary/aromatic N) is 1. The van der Waals surface area contributed by atoms with E-state index in [0.29, 0.717) is 6.61 Å². The molecule has 1 spiro atoms. The van der Waals surface area contributed by atoms with Gasteiger partial charge in [0.2, 0.25) is 0 Å². The molecule has 0 N–H and O–H groups in total. The van der Waals surface area contributed by atoms with Crippen LogP contribution in [0.4, 0.5) is 0 Å². The molecule has 0 bridgehead atoms. The molecule has 0 amide bonds. The van der Waals surface area contributed by atoms with Crippen molar-refractivity contribution in [2.45, 2.75) is 75.5 Å². The average Bonchev–Trinajstić information content (AvgIpc) is 3.14. The Morgan fingerprint density at radius 3 is 2.69 bits per heavy atom. The second kappa shape index (κ2) is 7.05. The van der Waals surface area contributed by atoms with Gasteiger partial charge < -0.3 is 19.1 Å². The fourth-order valence-corrected chi connectivity index (χ4v) is 4.95. The summed E-state index contributed by atoms with van der Waals surface area (Å²) in [6, 6.07) is 7.24. The number of aryl methyl sites for hydroxylation is 1. The van der Waals surface area contributed by atoms with E-state index in [-0.39, 0.29) is 11.7 Å². The summed E-state index contributed by atoms with van der Waals surface area (Å²) >= 11 is 0. The Kier molecular flexibility index (Phi) is 4.57. The Balaban J connectivity index is 1.19. The van der Waals surface area contributed by atoms with Crippen LogP contribution < -0.4 is 9.47 Å². The van der Waals surface area contributed by atoms with Crippen LogP contribution in [0.5, 0.6) is 11.5 Å². The van der Waals surface area contributed by atoms with Crippen molar-refractivity contribution in [1.29, 1.82) is 0 Å². The lowest BCUT2D eigenvalue weighted by Crippen LogP contribution is -2.53. The van der Waals surface area contributed by atoms with Gasteiger partial charge in [-0.05, 0) is 75.1 Å². The first-order valence-electron chi connectivity index (χ1n) is 10.6. The quantitative estimate of drug-likeness (QED) is 0.816.